The molecule has 0 N–H and O–H groups in total. The average Bonchev–Trinajstić information content (AvgIpc) is 2.20. The first kappa shape index (κ1) is 8.75. The Balaban J connectivity index is 2.61. The van der Waals surface area contributed by atoms with Crippen molar-refractivity contribution in [3.63, 3.8) is 0 Å². The number of nitrogens with zero attached hydrogens (tertiary/aromatic N) is 1. The minimum Gasteiger partial charge on any atom is -0.618 e. The summed E-state index contributed by atoms with van der Waals surface area (Å²) in [6.07, 6.45) is 1.39. The lowest BCUT2D eigenvalue weighted by Gasteiger charge is -2.05. The van der Waals surface area contributed by atoms with E-state index in [9.17, 15) is 5.21 Å². The summed E-state index contributed by atoms with van der Waals surface area (Å²) in [5, 5.41) is 11.5. The standard InChI is InChI=1S/C12H10NO/c1-10-6-2-3-7-11(10)12-8-4-5-9-13(12)14/h2-4,6-9H,1H3. The van der Waals surface area contributed by atoms with Gasteiger partial charge in [-0.1, -0.05) is 18.2 Å². The van der Waals surface area contributed by atoms with Crippen LogP contribution in [-0.4, -0.2) is 0 Å². The second kappa shape index (κ2) is 3.50. The van der Waals surface area contributed by atoms with Gasteiger partial charge in [-0.05, 0) is 24.6 Å². The SMILES string of the molecule is Cc1ccccc1-c1cc[c]c[n+]1[O-]. The zero-order chi connectivity index (χ0) is 9.97. The molecular formula is C12H10NO. The maximum Gasteiger partial charge on any atom is 0.224 e. The van der Waals surface area contributed by atoms with Crippen LogP contribution in [0.3, 0.4) is 0 Å². The number of hydrogen-bond donors (Lipinski definition) is 0. The minimum atomic E-state index is 0.668. The predicted octanol–water partition coefficient (Wildman–Crippen LogP) is 2.10. The summed E-state index contributed by atoms with van der Waals surface area (Å²) in [5.41, 5.74) is 2.74. The van der Waals surface area contributed by atoms with Crippen LogP contribution in [0.25, 0.3) is 11.3 Å². The summed E-state index contributed by atoms with van der Waals surface area (Å²) < 4.78 is 0.836. The van der Waals surface area contributed by atoms with Crippen LogP contribution in [0.5, 0.6) is 0 Å². The second-order valence-corrected chi connectivity index (χ2v) is 3.16. The highest BCUT2D eigenvalue weighted by atomic mass is 16.5. The van der Waals surface area contributed by atoms with Crippen LogP contribution in [0, 0.1) is 18.2 Å². The molecule has 0 atom stereocenters. The summed E-state index contributed by atoms with van der Waals surface area (Å²) >= 11 is 0. The molecule has 0 amide bonds. The van der Waals surface area contributed by atoms with E-state index in [2.05, 4.69) is 6.07 Å². The highest BCUT2D eigenvalue weighted by Crippen LogP contribution is 2.18. The van der Waals surface area contributed by atoms with Crippen LogP contribution in [-0.2, 0) is 0 Å². The van der Waals surface area contributed by atoms with Gasteiger partial charge in [0.2, 0.25) is 5.69 Å². The Morgan fingerprint density at radius 1 is 1.21 bits per heavy atom. The van der Waals surface area contributed by atoms with E-state index in [0.717, 1.165) is 15.9 Å². The third kappa shape index (κ3) is 1.46. The van der Waals surface area contributed by atoms with Gasteiger partial charge in [-0.15, -0.1) is 0 Å². The van der Waals surface area contributed by atoms with Gasteiger partial charge in [0.15, 0.2) is 6.20 Å². The van der Waals surface area contributed by atoms with E-state index in [1.54, 1.807) is 12.1 Å². The highest BCUT2D eigenvalue weighted by molar-refractivity contribution is 5.60. The van der Waals surface area contributed by atoms with Crippen molar-refractivity contribution in [1.29, 1.82) is 0 Å². The molecule has 0 saturated carbocycles. The monoisotopic (exact) mass is 184 g/mol. The summed E-state index contributed by atoms with van der Waals surface area (Å²) in [7, 11) is 0. The van der Waals surface area contributed by atoms with Crippen LogP contribution >= 0.6 is 0 Å². The number of aromatic nitrogens is 1. The Labute approximate surface area is 83.0 Å². The molecule has 2 rings (SSSR count). The predicted molar refractivity (Wildman–Crippen MR) is 54.4 cm³/mol. The lowest BCUT2D eigenvalue weighted by atomic mass is 10.1. The minimum absolute atomic E-state index is 0.668. The molecule has 0 bridgehead atoms. The Hall–Kier alpha value is -1.83. The maximum absolute atomic E-state index is 11.5. The van der Waals surface area contributed by atoms with Crippen LogP contribution in [0.15, 0.2) is 42.6 Å². The summed E-state index contributed by atoms with van der Waals surface area (Å²) in [5.74, 6) is 0. The van der Waals surface area contributed by atoms with Crippen LogP contribution in [0.2, 0.25) is 0 Å². The maximum atomic E-state index is 11.5. The fraction of sp³-hybridized carbons (Fsp3) is 0.0833. The van der Waals surface area contributed by atoms with E-state index in [1.165, 1.54) is 6.20 Å². The smallest absolute Gasteiger partial charge is 0.224 e. The molecule has 0 aliphatic carbocycles. The van der Waals surface area contributed by atoms with Gasteiger partial charge in [0, 0.05) is 6.07 Å². The van der Waals surface area contributed by atoms with Gasteiger partial charge >= 0.3 is 0 Å². The third-order valence-electron chi connectivity index (χ3n) is 2.19. The molecular weight excluding hydrogens is 174 g/mol. The van der Waals surface area contributed by atoms with E-state index in [0.29, 0.717) is 5.69 Å². The quantitative estimate of drug-likeness (QED) is 0.492. The van der Waals surface area contributed by atoms with E-state index in [4.69, 9.17) is 0 Å². The fourth-order valence-corrected chi connectivity index (χ4v) is 1.45. The van der Waals surface area contributed by atoms with Gasteiger partial charge in [0.1, 0.15) is 0 Å². The number of rotatable bonds is 1. The zero-order valence-corrected chi connectivity index (χ0v) is 7.90. The summed E-state index contributed by atoms with van der Waals surface area (Å²) in [6.45, 7) is 1.99. The van der Waals surface area contributed by atoms with Crippen molar-refractivity contribution in [3.8, 4) is 11.3 Å². The molecule has 0 aliphatic rings. The van der Waals surface area contributed by atoms with Gasteiger partial charge in [-0.2, -0.15) is 4.73 Å². The van der Waals surface area contributed by atoms with Crippen LogP contribution in [0.4, 0.5) is 0 Å². The van der Waals surface area contributed by atoms with Crippen molar-refractivity contribution in [3.05, 3.63) is 59.4 Å². The van der Waals surface area contributed by atoms with Gasteiger partial charge in [0.25, 0.3) is 0 Å². The van der Waals surface area contributed by atoms with Crippen LogP contribution in [0.1, 0.15) is 5.56 Å². The van der Waals surface area contributed by atoms with Crippen molar-refractivity contribution in [2.24, 2.45) is 0 Å². The first-order valence-electron chi connectivity index (χ1n) is 4.44. The van der Waals surface area contributed by atoms with Crippen molar-refractivity contribution in [2.75, 3.05) is 0 Å². The average molecular weight is 184 g/mol. The van der Waals surface area contributed by atoms with Gasteiger partial charge in [0.05, 0.1) is 11.6 Å². The normalized spacial score (nSPS) is 10.1. The van der Waals surface area contributed by atoms with Gasteiger partial charge in [-0.25, -0.2) is 0 Å². The molecule has 1 aromatic heterocycles. The summed E-state index contributed by atoms with van der Waals surface area (Å²) in [6, 6.07) is 14.1. The molecule has 1 radical (unpaired) electrons. The molecule has 0 aliphatic heterocycles. The van der Waals surface area contributed by atoms with Crippen LogP contribution < -0.4 is 4.73 Å². The lowest BCUT2D eigenvalue weighted by molar-refractivity contribution is -0.593. The molecule has 14 heavy (non-hydrogen) atoms. The van der Waals surface area contributed by atoms with Crippen molar-refractivity contribution >= 4 is 0 Å². The first-order chi connectivity index (χ1) is 6.79. The molecule has 0 spiro atoms. The Bertz CT molecular complexity index is 408. The molecule has 2 heteroatoms. The largest absolute Gasteiger partial charge is 0.618 e. The summed E-state index contributed by atoms with van der Waals surface area (Å²) in [4.78, 5) is 0. The number of benzene rings is 1. The highest BCUT2D eigenvalue weighted by Gasteiger charge is 2.08. The van der Waals surface area contributed by atoms with E-state index < -0.39 is 0 Å². The Morgan fingerprint density at radius 3 is 2.71 bits per heavy atom. The van der Waals surface area contributed by atoms with Gasteiger partial charge in [-0.3, -0.25) is 0 Å². The topological polar surface area (TPSA) is 26.9 Å². The van der Waals surface area contributed by atoms with Crippen molar-refractivity contribution in [1.82, 2.24) is 0 Å². The number of hydrogen-bond acceptors (Lipinski definition) is 1. The molecule has 0 saturated heterocycles. The van der Waals surface area contributed by atoms with Crippen molar-refractivity contribution in [2.45, 2.75) is 6.92 Å². The molecule has 1 heterocycles. The Kier molecular flexibility index (Phi) is 2.19. The number of pyridine rings is 1. The second-order valence-electron chi connectivity index (χ2n) is 3.16. The molecule has 69 valence electrons. The number of aryl methyl sites for hydroxylation is 1. The first-order valence-corrected chi connectivity index (χ1v) is 4.44. The van der Waals surface area contributed by atoms with Gasteiger partial charge < -0.3 is 5.21 Å². The fourth-order valence-electron chi connectivity index (χ4n) is 1.45. The molecule has 2 aromatic rings. The molecule has 1 aromatic carbocycles. The molecule has 0 fully saturated rings. The zero-order valence-electron chi connectivity index (χ0n) is 7.90. The molecule has 0 unspecified atom stereocenters. The lowest BCUT2D eigenvalue weighted by Crippen LogP contribution is -2.28. The molecule has 2 nitrogen and oxygen atoms in total. The Morgan fingerprint density at radius 2 is 2.00 bits per heavy atom. The van der Waals surface area contributed by atoms with E-state index in [-0.39, 0.29) is 0 Å². The third-order valence-corrected chi connectivity index (χ3v) is 2.19. The van der Waals surface area contributed by atoms with Crippen molar-refractivity contribution < 1.29 is 4.73 Å². The van der Waals surface area contributed by atoms with E-state index >= 15 is 0 Å². The van der Waals surface area contributed by atoms with E-state index in [1.807, 2.05) is 31.2 Å².